The molecule has 5 heteroatoms. The quantitative estimate of drug-likeness (QED) is 0.884. The second-order valence-corrected chi connectivity index (χ2v) is 5.77. The zero-order chi connectivity index (χ0) is 14.5. The molecule has 0 aliphatic carbocycles. The second kappa shape index (κ2) is 6.52. The predicted octanol–water partition coefficient (Wildman–Crippen LogP) is 3.47. The third kappa shape index (κ3) is 4.06. The molecule has 0 fully saturated rings. The molecule has 0 atom stereocenters. The summed E-state index contributed by atoms with van der Waals surface area (Å²) in [4.78, 5) is 17.5. The van der Waals surface area contributed by atoms with Gasteiger partial charge in [-0.3, -0.25) is 0 Å². The van der Waals surface area contributed by atoms with Crippen LogP contribution in [-0.4, -0.2) is 24.9 Å². The van der Waals surface area contributed by atoms with Crippen molar-refractivity contribution in [2.45, 2.75) is 19.8 Å². The Morgan fingerprint density at radius 2 is 2.00 bits per heavy atom. The maximum atomic E-state index is 11.0. The van der Waals surface area contributed by atoms with Crippen molar-refractivity contribution in [3.63, 3.8) is 0 Å². The number of aryl methyl sites for hydroxylation is 1. The highest BCUT2D eigenvalue weighted by molar-refractivity contribution is 7.13. The number of hydrogen-bond acceptors (Lipinski definition) is 5. The van der Waals surface area contributed by atoms with E-state index in [1.807, 2.05) is 31.6 Å². The lowest BCUT2D eigenvalue weighted by Gasteiger charge is -2.12. The summed E-state index contributed by atoms with van der Waals surface area (Å²) in [7, 11) is 4.04. The van der Waals surface area contributed by atoms with Gasteiger partial charge in [0.25, 0.3) is 0 Å². The summed E-state index contributed by atoms with van der Waals surface area (Å²) in [6.45, 7) is 1.61. The molecule has 0 radical (unpaired) electrons. The van der Waals surface area contributed by atoms with Crippen molar-refractivity contribution in [1.29, 1.82) is 0 Å². The molecule has 0 aliphatic heterocycles. The normalized spacial score (nSPS) is 10.3. The molecule has 0 spiro atoms. The van der Waals surface area contributed by atoms with E-state index in [1.165, 1.54) is 0 Å². The van der Waals surface area contributed by atoms with Gasteiger partial charge in [0.05, 0.1) is 5.69 Å². The van der Waals surface area contributed by atoms with E-state index in [-0.39, 0.29) is 5.78 Å². The monoisotopic (exact) mass is 289 g/mol. The van der Waals surface area contributed by atoms with Crippen molar-refractivity contribution in [1.82, 2.24) is 4.98 Å². The van der Waals surface area contributed by atoms with Crippen LogP contribution in [-0.2, 0) is 11.2 Å². The van der Waals surface area contributed by atoms with Gasteiger partial charge in [0, 0.05) is 37.3 Å². The van der Waals surface area contributed by atoms with Gasteiger partial charge in [0.1, 0.15) is 5.78 Å². The second-order valence-electron chi connectivity index (χ2n) is 4.91. The smallest absolute Gasteiger partial charge is 0.187 e. The molecule has 1 aromatic heterocycles. The van der Waals surface area contributed by atoms with E-state index in [1.54, 1.807) is 18.3 Å². The average molecular weight is 289 g/mol. The predicted molar refractivity (Wildman–Crippen MR) is 85.2 cm³/mol. The van der Waals surface area contributed by atoms with Crippen LogP contribution in [0.1, 0.15) is 19.0 Å². The number of carbonyl (C=O) groups is 1. The summed E-state index contributed by atoms with van der Waals surface area (Å²) >= 11 is 1.56. The molecule has 4 nitrogen and oxygen atoms in total. The lowest BCUT2D eigenvalue weighted by atomic mass is 10.2. The van der Waals surface area contributed by atoms with Crippen LogP contribution in [0.25, 0.3) is 0 Å². The van der Waals surface area contributed by atoms with E-state index in [0.717, 1.165) is 22.2 Å². The molecule has 20 heavy (non-hydrogen) atoms. The third-order valence-electron chi connectivity index (χ3n) is 2.92. The average Bonchev–Trinajstić information content (AvgIpc) is 2.84. The molecule has 0 saturated carbocycles. The first-order valence-corrected chi connectivity index (χ1v) is 7.41. The van der Waals surface area contributed by atoms with Gasteiger partial charge >= 0.3 is 0 Å². The minimum absolute atomic E-state index is 0.201. The molecule has 1 N–H and O–H groups in total. The highest BCUT2D eigenvalue weighted by Crippen LogP contribution is 2.23. The first kappa shape index (κ1) is 14.5. The van der Waals surface area contributed by atoms with E-state index in [9.17, 15) is 4.79 Å². The Hall–Kier alpha value is -1.88. The Kier molecular flexibility index (Phi) is 4.74. The largest absolute Gasteiger partial charge is 0.378 e. The van der Waals surface area contributed by atoms with Crippen LogP contribution in [0, 0.1) is 0 Å². The van der Waals surface area contributed by atoms with Gasteiger partial charge in [-0.05, 0) is 37.6 Å². The number of aromatic nitrogens is 1. The Balaban J connectivity index is 1.97. The van der Waals surface area contributed by atoms with E-state index >= 15 is 0 Å². The van der Waals surface area contributed by atoms with Crippen LogP contribution in [0.5, 0.6) is 0 Å². The number of benzene rings is 1. The Morgan fingerprint density at radius 1 is 1.30 bits per heavy atom. The third-order valence-corrected chi connectivity index (χ3v) is 3.73. The van der Waals surface area contributed by atoms with Crippen LogP contribution in [0.4, 0.5) is 16.5 Å². The number of ketones is 1. The minimum atomic E-state index is 0.201. The number of thiazole rings is 1. The van der Waals surface area contributed by atoms with E-state index in [2.05, 4.69) is 27.3 Å². The molecule has 0 aliphatic rings. The molecular formula is C15H19N3OS. The van der Waals surface area contributed by atoms with Crippen molar-refractivity contribution in [2.24, 2.45) is 0 Å². The highest BCUT2D eigenvalue weighted by atomic mass is 32.1. The molecule has 106 valence electrons. The fourth-order valence-electron chi connectivity index (χ4n) is 1.75. The SMILES string of the molecule is CC(=O)CCc1csc(Nc2ccc(N(C)C)cc2)n1. The van der Waals surface area contributed by atoms with E-state index in [4.69, 9.17) is 0 Å². The summed E-state index contributed by atoms with van der Waals surface area (Å²) in [6, 6.07) is 8.19. The van der Waals surface area contributed by atoms with Gasteiger partial charge in [-0.25, -0.2) is 4.98 Å². The molecule has 1 aromatic carbocycles. The summed E-state index contributed by atoms with van der Waals surface area (Å²) in [5.41, 5.74) is 3.15. The van der Waals surface area contributed by atoms with E-state index < -0.39 is 0 Å². The van der Waals surface area contributed by atoms with Gasteiger partial charge in [-0.1, -0.05) is 0 Å². The van der Waals surface area contributed by atoms with Gasteiger partial charge in [-0.15, -0.1) is 11.3 Å². The van der Waals surface area contributed by atoms with Crippen molar-refractivity contribution in [3.8, 4) is 0 Å². The Morgan fingerprint density at radius 3 is 2.60 bits per heavy atom. The van der Waals surface area contributed by atoms with Gasteiger partial charge in [0.2, 0.25) is 0 Å². The zero-order valence-electron chi connectivity index (χ0n) is 12.0. The Labute approximate surface area is 123 Å². The summed E-state index contributed by atoms with van der Waals surface area (Å²) in [6.07, 6.45) is 1.27. The lowest BCUT2D eigenvalue weighted by molar-refractivity contribution is -0.116. The van der Waals surface area contributed by atoms with Crippen LogP contribution in [0.3, 0.4) is 0 Å². The molecule has 2 aromatic rings. The molecule has 0 saturated heterocycles. The molecule has 0 amide bonds. The number of Topliss-reactive ketones (excluding diaryl/α,β-unsaturated/α-hetero) is 1. The maximum absolute atomic E-state index is 11.0. The summed E-state index contributed by atoms with van der Waals surface area (Å²) < 4.78 is 0. The van der Waals surface area contributed by atoms with Crippen molar-refractivity contribution >= 4 is 33.6 Å². The standard InChI is InChI=1S/C15H19N3OS/c1-11(19)4-5-13-10-20-15(17-13)16-12-6-8-14(9-7-12)18(2)3/h6-10H,4-5H2,1-3H3,(H,16,17). The summed E-state index contributed by atoms with van der Waals surface area (Å²) in [5, 5.41) is 6.14. The number of anilines is 3. The van der Waals surface area contributed by atoms with Gasteiger partial charge in [-0.2, -0.15) is 0 Å². The van der Waals surface area contributed by atoms with Crippen LogP contribution >= 0.6 is 11.3 Å². The Bertz CT molecular complexity index is 575. The van der Waals surface area contributed by atoms with Crippen molar-refractivity contribution < 1.29 is 4.79 Å². The van der Waals surface area contributed by atoms with Crippen LogP contribution < -0.4 is 10.2 Å². The molecule has 1 heterocycles. The topological polar surface area (TPSA) is 45.2 Å². The summed E-state index contributed by atoms with van der Waals surface area (Å²) in [5.74, 6) is 0.201. The van der Waals surface area contributed by atoms with Crippen LogP contribution in [0.15, 0.2) is 29.6 Å². The fraction of sp³-hybridized carbons (Fsp3) is 0.333. The van der Waals surface area contributed by atoms with Crippen molar-refractivity contribution in [3.05, 3.63) is 35.3 Å². The highest BCUT2D eigenvalue weighted by Gasteiger charge is 2.04. The minimum Gasteiger partial charge on any atom is -0.378 e. The van der Waals surface area contributed by atoms with Gasteiger partial charge < -0.3 is 15.0 Å². The van der Waals surface area contributed by atoms with Crippen LogP contribution in [0.2, 0.25) is 0 Å². The molecule has 2 rings (SSSR count). The number of nitrogens with zero attached hydrogens (tertiary/aromatic N) is 2. The maximum Gasteiger partial charge on any atom is 0.187 e. The number of rotatable bonds is 6. The van der Waals surface area contributed by atoms with Gasteiger partial charge in [0.15, 0.2) is 5.13 Å². The van der Waals surface area contributed by atoms with E-state index in [0.29, 0.717) is 12.8 Å². The van der Waals surface area contributed by atoms with Crippen molar-refractivity contribution in [2.75, 3.05) is 24.3 Å². The lowest BCUT2D eigenvalue weighted by Crippen LogP contribution is -2.08. The molecule has 0 unspecified atom stereocenters. The zero-order valence-corrected chi connectivity index (χ0v) is 12.8. The molecular weight excluding hydrogens is 270 g/mol. The fourth-order valence-corrected chi connectivity index (χ4v) is 2.51. The first-order chi connectivity index (χ1) is 9.54. The molecule has 0 bridgehead atoms. The number of carbonyl (C=O) groups excluding carboxylic acids is 1. The number of nitrogens with one attached hydrogen (secondary N) is 1. The first-order valence-electron chi connectivity index (χ1n) is 6.53. The number of hydrogen-bond donors (Lipinski definition) is 1.